The van der Waals surface area contributed by atoms with Crippen LogP contribution in [0.3, 0.4) is 0 Å². The molecule has 6 heteroatoms. The van der Waals surface area contributed by atoms with Gasteiger partial charge < -0.3 is 21.7 Å². The lowest BCUT2D eigenvalue weighted by Crippen LogP contribution is -2.45. The van der Waals surface area contributed by atoms with Gasteiger partial charge in [0.1, 0.15) is 0 Å². The number of nitrogens with two attached hydrogens (primary N) is 2. The highest BCUT2D eigenvalue weighted by atomic mass is 16.4. The molecule has 2 aliphatic rings. The van der Waals surface area contributed by atoms with Crippen molar-refractivity contribution in [3.05, 3.63) is 48.6 Å². The van der Waals surface area contributed by atoms with Gasteiger partial charge in [-0.25, -0.2) is 9.59 Å². The van der Waals surface area contributed by atoms with Crippen molar-refractivity contribution in [1.29, 1.82) is 0 Å². The molecule has 0 spiro atoms. The number of hydrogen-bond donors (Lipinski definition) is 4. The summed E-state index contributed by atoms with van der Waals surface area (Å²) in [5.74, 6) is -2.09. The number of rotatable bonds is 4. The molecule has 0 saturated carbocycles. The van der Waals surface area contributed by atoms with Gasteiger partial charge in [-0.2, -0.15) is 0 Å². The fourth-order valence-corrected chi connectivity index (χ4v) is 2.28. The van der Waals surface area contributed by atoms with Gasteiger partial charge in [-0.15, -0.1) is 0 Å². The Bertz CT molecular complexity index is 496. The Morgan fingerprint density at radius 1 is 0.810 bits per heavy atom. The van der Waals surface area contributed by atoms with Crippen LogP contribution in [0, 0.1) is 11.8 Å². The Labute approximate surface area is 122 Å². The lowest BCUT2D eigenvalue weighted by Gasteiger charge is -2.26. The Morgan fingerprint density at radius 2 is 1.10 bits per heavy atom. The summed E-state index contributed by atoms with van der Waals surface area (Å²) in [6.07, 6.45) is 13.6. The van der Waals surface area contributed by atoms with Gasteiger partial charge in [0.15, 0.2) is 11.1 Å². The van der Waals surface area contributed by atoms with E-state index in [-0.39, 0.29) is 11.8 Å². The standard InChI is InChI=1S/C15H18N2O4/c16-14(12(18)19)5-1-10(2-6-14)9-11-3-7-15(17,8-4-11)13(20)21/h1-8,10-11H,9,16-17H2,(H,18,19)(H,20,21). The van der Waals surface area contributed by atoms with Crippen molar-refractivity contribution < 1.29 is 19.8 Å². The van der Waals surface area contributed by atoms with Crippen molar-refractivity contribution >= 4 is 11.9 Å². The van der Waals surface area contributed by atoms with Crippen LogP contribution in [0.5, 0.6) is 0 Å². The second-order valence-corrected chi connectivity index (χ2v) is 5.48. The Kier molecular flexibility index (Phi) is 3.85. The Hall–Kier alpha value is -2.18. The predicted octanol–water partition coefficient (Wildman–Crippen LogP) is 0.425. The number of carbonyl (C=O) groups is 2. The third-order valence-corrected chi connectivity index (χ3v) is 3.76. The lowest BCUT2D eigenvalue weighted by atomic mass is 9.82. The van der Waals surface area contributed by atoms with E-state index >= 15 is 0 Å². The van der Waals surface area contributed by atoms with Gasteiger partial charge in [0, 0.05) is 0 Å². The van der Waals surface area contributed by atoms with Crippen LogP contribution < -0.4 is 11.5 Å². The van der Waals surface area contributed by atoms with Gasteiger partial charge >= 0.3 is 11.9 Å². The fraction of sp³-hybridized carbons (Fsp3) is 0.333. The predicted molar refractivity (Wildman–Crippen MR) is 77.3 cm³/mol. The molecule has 6 nitrogen and oxygen atoms in total. The summed E-state index contributed by atoms with van der Waals surface area (Å²) in [6.45, 7) is 0. The van der Waals surface area contributed by atoms with Gasteiger partial charge in [-0.1, -0.05) is 48.6 Å². The topological polar surface area (TPSA) is 127 Å². The fourth-order valence-electron chi connectivity index (χ4n) is 2.28. The van der Waals surface area contributed by atoms with Gasteiger partial charge in [0.05, 0.1) is 0 Å². The zero-order chi connectivity index (χ0) is 15.7. The normalized spacial score (nSPS) is 37.6. The smallest absolute Gasteiger partial charge is 0.331 e. The molecule has 0 bridgehead atoms. The van der Waals surface area contributed by atoms with Crippen molar-refractivity contribution in [2.75, 3.05) is 0 Å². The first kappa shape index (κ1) is 15.2. The summed E-state index contributed by atoms with van der Waals surface area (Å²) < 4.78 is 0. The first-order valence-corrected chi connectivity index (χ1v) is 6.57. The molecule has 21 heavy (non-hydrogen) atoms. The first-order valence-electron chi connectivity index (χ1n) is 6.57. The van der Waals surface area contributed by atoms with Crippen molar-refractivity contribution in [3.8, 4) is 0 Å². The molecular formula is C15H18N2O4. The van der Waals surface area contributed by atoms with Gasteiger partial charge in [-0.05, 0) is 18.3 Å². The average molecular weight is 290 g/mol. The zero-order valence-corrected chi connectivity index (χ0v) is 11.3. The average Bonchev–Trinajstić information content (AvgIpc) is 2.44. The monoisotopic (exact) mass is 290 g/mol. The number of carboxylic acids is 2. The van der Waals surface area contributed by atoms with Crippen LogP contribution in [0.25, 0.3) is 0 Å². The number of allylic oxidation sites excluding steroid dienone is 4. The maximum absolute atomic E-state index is 11.0. The highest BCUT2D eigenvalue weighted by Crippen LogP contribution is 2.27. The Balaban J connectivity index is 1.98. The minimum absolute atomic E-state index is 0.0513. The van der Waals surface area contributed by atoms with Crippen molar-refractivity contribution in [2.24, 2.45) is 23.3 Å². The number of hydrogen-bond acceptors (Lipinski definition) is 4. The summed E-state index contributed by atoms with van der Waals surface area (Å²) in [6, 6.07) is 0. The maximum Gasteiger partial charge on any atom is 0.331 e. The van der Waals surface area contributed by atoms with E-state index in [1.807, 2.05) is 0 Å². The maximum atomic E-state index is 11.0. The lowest BCUT2D eigenvalue weighted by molar-refractivity contribution is -0.140. The molecule has 0 unspecified atom stereocenters. The van der Waals surface area contributed by atoms with E-state index in [0.29, 0.717) is 6.42 Å². The molecule has 0 amide bonds. The molecule has 0 heterocycles. The van der Waals surface area contributed by atoms with E-state index < -0.39 is 23.0 Å². The third kappa shape index (κ3) is 3.12. The molecule has 0 atom stereocenters. The van der Waals surface area contributed by atoms with Crippen molar-refractivity contribution in [3.63, 3.8) is 0 Å². The molecular weight excluding hydrogens is 272 g/mol. The highest BCUT2D eigenvalue weighted by molar-refractivity contribution is 5.85. The largest absolute Gasteiger partial charge is 0.479 e. The van der Waals surface area contributed by atoms with Crippen molar-refractivity contribution in [2.45, 2.75) is 17.5 Å². The van der Waals surface area contributed by atoms with Crippen LogP contribution in [-0.4, -0.2) is 33.2 Å². The summed E-state index contributed by atoms with van der Waals surface area (Å²) in [7, 11) is 0. The molecule has 6 N–H and O–H groups in total. The van der Waals surface area contributed by atoms with Gasteiger partial charge in [0.25, 0.3) is 0 Å². The second kappa shape index (κ2) is 5.31. The Morgan fingerprint density at radius 3 is 1.33 bits per heavy atom. The van der Waals surface area contributed by atoms with Crippen LogP contribution in [-0.2, 0) is 9.59 Å². The number of aliphatic carboxylic acids is 2. The molecule has 0 radical (unpaired) electrons. The molecule has 112 valence electrons. The van der Waals surface area contributed by atoms with E-state index in [2.05, 4.69) is 0 Å². The second-order valence-electron chi connectivity index (χ2n) is 5.48. The minimum atomic E-state index is -1.44. The molecule has 2 aliphatic carbocycles. The van der Waals surface area contributed by atoms with E-state index in [0.717, 1.165) is 0 Å². The zero-order valence-electron chi connectivity index (χ0n) is 11.3. The molecule has 0 aliphatic heterocycles. The first-order chi connectivity index (χ1) is 9.75. The van der Waals surface area contributed by atoms with Gasteiger partial charge in [0.2, 0.25) is 0 Å². The van der Waals surface area contributed by atoms with Gasteiger partial charge in [-0.3, -0.25) is 0 Å². The summed E-state index contributed by atoms with van der Waals surface area (Å²) in [5.41, 5.74) is 8.49. The van der Waals surface area contributed by atoms with Crippen LogP contribution in [0.4, 0.5) is 0 Å². The van der Waals surface area contributed by atoms with Crippen LogP contribution in [0.15, 0.2) is 48.6 Å². The quantitative estimate of drug-likeness (QED) is 0.556. The molecule has 0 aromatic carbocycles. The minimum Gasteiger partial charge on any atom is -0.479 e. The molecule has 2 rings (SSSR count). The summed E-state index contributed by atoms with van der Waals surface area (Å²) in [5, 5.41) is 18.0. The summed E-state index contributed by atoms with van der Waals surface area (Å²) in [4.78, 5) is 22.0. The van der Waals surface area contributed by atoms with E-state index in [1.165, 1.54) is 24.3 Å². The molecule has 0 saturated heterocycles. The number of carboxylic acid groups (broad SMARTS) is 2. The van der Waals surface area contributed by atoms with E-state index in [4.69, 9.17) is 21.7 Å². The summed E-state index contributed by atoms with van der Waals surface area (Å²) >= 11 is 0. The van der Waals surface area contributed by atoms with Crippen LogP contribution >= 0.6 is 0 Å². The van der Waals surface area contributed by atoms with Crippen LogP contribution in [0.2, 0.25) is 0 Å². The molecule has 0 fully saturated rings. The van der Waals surface area contributed by atoms with Crippen LogP contribution in [0.1, 0.15) is 6.42 Å². The van der Waals surface area contributed by atoms with E-state index in [9.17, 15) is 9.59 Å². The van der Waals surface area contributed by atoms with Crippen molar-refractivity contribution in [1.82, 2.24) is 0 Å². The molecule has 0 aromatic rings. The van der Waals surface area contributed by atoms with E-state index in [1.54, 1.807) is 24.3 Å². The molecule has 0 aromatic heterocycles. The third-order valence-electron chi connectivity index (χ3n) is 3.76. The highest BCUT2D eigenvalue weighted by Gasteiger charge is 2.32. The SMILES string of the molecule is NC1(C(=O)O)C=CC(CC2C=CC(N)(C(=O)O)C=C2)C=C1.